The second-order valence-electron chi connectivity index (χ2n) is 4.33. The molecule has 0 radical (unpaired) electrons. The summed E-state index contributed by atoms with van der Waals surface area (Å²) in [5.74, 6) is 1.47. The van der Waals surface area contributed by atoms with Gasteiger partial charge in [-0.25, -0.2) is 9.97 Å². The number of rotatable bonds is 3. The number of hydrogen-bond donors (Lipinski definition) is 1. The molecule has 2 rings (SSSR count). The van der Waals surface area contributed by atoms with Crippen molar-refractivity contribution in [3.05, 3.63) is 18.1 Å². The predicted octanol–water partition coefficient (Wildman–Crippen LogP) is 0.784. The summed E-state index contributed by atoms with van der Waals surface area (Å²) < 4.78 is 0. The number of nitrogens with one attached hydrogen (secondary N) is 1. The van der Waals surface area contributed by atoms with Crippen LogP contribution >= 0.6 is 0 Å². The molecule has 0 amide bonds. The van der Waals surface area contributed by atoms with Crippen molar-refractivity contribution in [1.82, 2.24) is 15.3 Å². The van der Waals surface area contributed by atoms with Crippen molar-refractivity contribution in [1.29, 1.82) is 5.26 Å². The summed E-state index contributed by atoms with van der Waals surface area (Å²) in [6, 6.07) is 2.10. The van der Waals surface area contributed by atoms with Crippen LogP contribution in [0.2, 0.25) is 0 Å². The van der Waals surface area contributed by atoms with Crippen LogP contribution in [0.4, 0.5) is 5.82 Å². The lowest BCUT2D eigenvalue weighted by Crippen LogP contribution is -2.37. The van der Waals surface area contributed by atoms with E-state index in [1.165, 1.54) is 0 Å². The average Bonchev–Trinajstić information content (AvgIpc) is 2.40. The van der Waals surface area contributed by atoms with Crippen molar-refractivity contribution >= 4 is 5.82 Å². The van der Waals surface area contributed by atoms with Crippen LogP contribution < -0.4 is 10.2 Å². The SMILES string of the molecule is CNCC1CCN(c2nccnc2C#N)CC1. The van der Waals surface area contributed by atoms with Gasteiger partial charge in [-0.05, 0) is 32.4 Å². The molecule has 1 fully saturated rings. The van der Waals surface area contributed by atoms with Crippen LogP contribution in [-0.2, 0) is 0 Å². The molecule has 0 saturated carbocycles. The maximum absolute atomic E-state index is 9.00. The lowest BCUT2D eigenvalue weighted by molar-refractivity contribution is 0.392. The van der Waals surface area contributed by atoms with Crippen LogP contribution in [0.1, 0.15) is 18.5 Å². The highest BCUT2D eigenvalue weighted by Crippen LogP contribution is 2.22. The Kier molecular flexibility index (Phi) is 3.89. The third-order valence-electron chi connectivity index (χ3n) is 3.19. The maximum atomic E-state index is 9.00. The quantitative estimate of drug-likeness (QED) is 0.833. The van der Waals surface area contributed by atoms with E-state index >= 15 is 0 Å². The molecule has 5 nitrogen and oxygen atoms in total. The molecule has 1 saturated heterocycles. The molecule has 0 bridgehead atoms. The van der Waals surface area contributed by atoms with Gasteiger partial charge < -0.3 is 10.2 Å². The minimum Gasteiger partial charge on any atom is -0.354 e. The fourth-order valence-corrected chi connectivity index (χ4v) is 2.28. The van der Waals surface area contributed by atoms with E-state index in [0.29, 0.717) is 5.69 Å². The summed E-state index contributed by atoms with van der Waals surface area (Å²) in [5, 5.41) is 12.2. The first kappa shape index (κ1) is 11.8. The average molecular weight is 231 g/mol. The summed E-state index contributed by atoms with van der Waals surface area (Å²) in [5.41, 5.74) is 0.430. The molecule has 2 heterocycles. The minimum absolute atomic E-state index is 0.430. The van der Waals surface area contributed by atoms with Gasteiger partial charge in [0.1, 0.15) is 6.07 Å². The van der Waals surface area contributed by atoms with Gasteiger partial charge >= 0.3 is 0 Å². The topological polar surface area (TPSA) is 64.8 Å². The van der Waals surface area contributed by atoms with Gasteiger partial charge in [-0.15, -0.1) is 0 Å². The highest BCUT2D eigenvalue weighted by Gasteiger charge is 2.21. The van der Waals surface area contributed by atoms with Crippen molar-refractivity contribution in [2.24, 2.45) is 5.92 Å². The molecule has 1 aromatic rings. The van der Waals surface area contributed by atoms with Crippen molar-refractivity contribution in [3.8, 4) is 6.07 Å². The molecular formula is C12H17N5. The molecule has 90 valence electrons. The monoisotopic (exact) mass is 231 g/mol. The Morgan fingerprint density at radius 3 is 2.76 bits per heavy atom. The van der Waals surface area contributed by atoms with Gasteiger partial charge in [0.05, 0.1) is 0 Å². The molecule has 1 N–H and O–H groups in total. The molecule has 1 aliphatic heterocycles. The van der Waals surface area contributed by atoms with Crippen LogP contribution in [-0.4, -0.2) is 36.6 Å². The van der Waals surface area contributed by atoms with Gasteiger partial charge in [0.2, 0.25) is 0 Å². The van der Waals surface area contributed by atoms with E-state index in [-0.39, 0.29) is 0 Å². The first-order valence-corrected chi connectivity index (χ1v) is 5.95. The molecule has 0 unspecified atom stereocenters. The third kappa shape index (κ3) is 2.71. The summed E-state index contributed by atoms with van der Waals surface area (Å²) in [6.45, 7) is 2.98. The van der Waals surface area contributed by atoms with Gasteiger partial charge in [0, 0.05) is 25.5 Å². The van der Waals surface area contributed by atoms with Gasteiger partial charge in [0.15, 0.2) is 11.5 Å². The number of hydrogen-bond acceptors (Lipinski definition) is 5. The van der Waals surface area contributed by atoms with E-state index in [1.807, 2.05) is 7.05 Å². The predicted molar refractivity (Wildman–Crippen MR) is 65.6 cm³/mol. The zero-order valence-electron chi connectivity index (χ0n) is 10.1. The second-order valence-corrected chi connectivity index (χ2v) is 4.33. The fourth-order valence-electron chi connectivity index (χ4n) is 2.28. The number of aromatic nitrogens is 2. The van der Waals surface area contributed by atoms with Crippen LogP contribution in [0.5, 0.6) is 0 Å². The number of nitrogens with zero attached hydrogens (tertiary/aromatic N) is 4. The van der Waals surface area contributed by atoms with Gasteiger partial charge in [-0.1, -0.05) is 0 Å². The maximum Gasteiger partial charge on any atom is 0.183 e. The van der Waals surface area contributed by atoms with Gasteiger partial charge in [-0.3, -0.25) is 0 Å². The Labute approximate surface area is 101 Å². The molecular weight excluding hydrogens is 214 g/mol. The Balaban J connectivity index is 2.03. The van der Waals surface area contributed by atoms with Crippen molar-refractivity contribution in [3.63, 3.8) is 0 Å². The smallest absolute Gasteiger partial charge is 0.183 e. The Hall–Kier alpha value is -1.67. The summed E-state index contributed by atoms with van der Waals surface area (Å²) in [7, 11) is 1.99. The van der Waals surface area contributed by atoms with Gasteiger partial charge in [-0.2, -0.15) is 5.26 Å². The van der Waals surface area contributed by atoms with Crippen molar-refractivity contribution < 1.29 is 0 Å². The van der Waals surface area contributed by atoms with Crippen LogP contribution in [0, 0.1) is 17.2 Å². The number of nitriles is 1. The second kappa shape index (κ2) is 5.60. The molecule has 0 spiro atoms. The number of anilines is 1. The van der Waals surface area contributed by atoms with Crippen LogP contribution in [0.25, 0.3) is 0 Å². The van der Waals surface area contributed by atoms with Crippen LogP contribution in [0.3, 0.4) is 0 Å². The molecule has 0 aromatic carbocycles. The van der Waals surface area contributed by atoms with E-state index in [0.717, 1.165) is 44.2 Å². The molecule has 5 heteroatoms. The summed E-state index contributed by atoms with van der Waals surface area (Å²) in [4.78, 5) is 10.5. The molecule has 0 atom stereocenters. The fraction of sp³-hybridized carbons (Fsp3) is 0.583. The first-order chi connectivity index (χ1) is 8.35. The van der Waals surface area contributed by atoms with E-state index in [2.05, 4.69) is 26.3 Å². The molecule has 17 heavy (non-hydrogen) atoms. The molecule has 0 aliphatic carbocycles. The van der Waals surface area contributed by atoms with Crippen LogP contribution in [0.15, 0.2) is 12.4 Å². The minimum atomic E-state index is 0.430. The molecule has 1 aliphatic rings. The lowest BCUT2D eigenvalue weighted by atomic mass is 9.97. The first-order valence-electron chi connectivity index (χ1n) is 5.95. The Morgan fingerprint density at radius 1 is 1.41 bits per heavy atom. The van der Waals surface area contributed by atoms with E-state index < -0.39 is 0 Å². The van der Waals surface area contributed by atoms with E-state index in [9.17, 15) is 0 Å². The standard InChI is InChI=1S/C12H17N5/c1-14-9-10-2-6-17(7-3-10)12-11(8-13)15-4-5-16-12/h4-5,10,14H,2-3,6-7,9H2,1H3. The Bertz CT molecular complexity index is 404. The van der Waals surface area contributed by atoms with Crippen molar-refractivity contribution in [2.45, 2.75) is 12.8 Å². The largest absolute Gasteiger partial charge is 0.354 e. The summed E-state index contributed by atoms with van der Waals surface area (Å²) >= 11 is 0. The lowest BCUT2D eigenvalue weighted by Gasteiger charge is -2.32. The van der Waals surface area contributed by atoms with Gasteiger partial charge in [0.25, 0.3) is 0 Å². The van der Waals surface area contributed by atoms with Crippen molar-refractivity contribution in [2.75, 3.05) is 31.6 Å². The number of piperidine rings is 1. The Morgan fingerprint density at radius 2 is 2.12 bits per heavy atom. The zero-order valence-corrected chi connectivity index (χ0v) is 10.1. The highest BCUT2D eigenvalue weighted by atomic mass is 15.2. The molecule has 1 aromatic heterocycles. The zero-order chi connectivity index (χ0) is 12.1. The van der Waals surface area contributed by atoms with E-state index in [1.54, 1.807) is 12.4 Å². The third-order valence-corrected chi connectivity index (χ3v) is 3.19. The summed E-state index contributed by atoms with van der Waals surface area (Å²) in [6.07, 6.45) is 5.50. The van der Waals surface area contributed by atoms with E-state index in [4.69, 9.17) is 5.26 Å². The normalized spacial score (nSPS) is 16.8. The highest BCUT2D eigenvalue weighted by molar-refractivity contribution is 5.49.